The van der Waals surface area contributed by atoms with Gasteiger partial charge in [-0.25, -0.2) is 20.0 Å². The molecule has 0 saturated carbocycles. The molecule has 2 heterocycles. The summed E-state index contributed by atoms with van der Waals surface area (Å²) in [5.74, 6) is -0.337. The summed E-state index contributed by atoms with van der Waals surface area (Å²) in [6, 6.07) is 6.26. The third-order valence-corrected chi connectivity index (χ3v) is 4.49. The predicted molar refractivity (Wildman–Crippen MR) is 109 cm³/mol. The van der Waals surface area contributed by atoms with Crippen LogP contribution < -0.4 is 11.2 Å². The lowest BCUT2D eigenvalue weighted by atomic mass is 10.1. The summed E-state index contributed by atoms with van der Waals surface area (Å²) in [7, 11) is 0. The first-order valence-corrected chi connectivity index (χ1v) is 9.46. The van der Waals surface area contributed by atoms with E-state index in [0.29, 0.717) is 22.2 Å². The molecule has 150 valence electrons. The van der Waals surface area contributed by atoms with Crippen LogP contribution in [0.2, 0.25) is 0 Å². The van der Waals surface area contributed by atoms with Gasteiger partial charge < -0.3 is 10.5 Å². The molecule has 3 N–H and O–H groups in total. The fourth-order valence-electron chi connectivity index (χ4n) is 2.55. The van der Waals surface area contributed by atoms with Gasteiger partial charge in [-0.05, 0) is 26.8 Å². The van der Waals surface area contributed by atoms with Gasteiger partial charge in [0.25, 0.3) is 0 Å². The molecule has 0 unspecified atom stereocenters. The molecule has 29 heavy (non-hydrogen) atoms. The Hall–Kier alpha value is -3.53. The molecule has 0 bridgehead atoms. The molecule has 2 amide bonds. The Morgan fingerprint density at radius 2 is 2.00 bits per heavy atom. The van der Waals surface area contributed by atoms with Crippen LogP contribution >= 0.6 is 11.3 Å². The van der Waals surface area contributed by atoms with Crippen LogP contribution in [0.25, 0.3) is 10.9 Å². The number of carbonyl (C=O) groups is 3. The Balaban J connectivity index is 1.95. The maximum Gasteiger partial charge on any atom is 0.419 e. The fourth-order valence-corrected chi connectivity index (χ4v) is 3.27. The number of nitrogens with zero attached hydrogens (tertiary/aromatic N) is 3. The molecule has 0 radical (unpaired) electrons. The summed E-state index contributed by atoms with van der Waals surface area (Å²) in [6.45, 7) is 5.32. The Bertz CT molecular complexity index is 1120. The standard InChI is InChI=1S/C19H19N5O4S/c1-19(2,3)28-18(27)24-9-13(12-6-4-5-7-14(12)24)15(25)16-22-11(10-29-16)8-21-23-17(20)26/h4-10H,1-3H3,(H3,20,23,26). The minimum Gasteiger partial charge on any atom is -0.443 e. The van der Waals surface area contributed by atoms with E-state index in [0.717, 1.165) is 11.3 Å². The third kappa shape index (κ3) is 4.66. The second-order valence-electron chi connectivity index (χ2n) is 7.05. The molecule has 3 aromatic rings. The number of nitrogens with one attached hydrogen (secondary N) is 1. The van der Waals surface area contributed by atoms with Crippen molar-refractivity contribution in [3.05, 3.63) is 52.1 Å². The van der Waals surface area contributed by atoms with E-state index in [1.807, 2.05) is 0 Å². The Morgan fingerprint density at radius 1 is 1.28 bits per heavy atom. The summed E-state index contributed by atoms with van der Waals surface area (Å²) >= 11 is 1.13. The van der Waals surface area contributed by atoms with Gasteiger partial charge in [0.15, 0.2) is 5.01 Å². The number of primary amides is 1. The van der Waals surface area contributed by atoms with Crippen molar-refractivity contribution in [3.63, 3.8) is 0 Å². The quantitative estimate of drug-likeness (QED) is 0.386. The van der Waals surface area contributed by atoms with Crippen molar-refractivity contribution in [3.8, 4) is 0 Å². The van der Waals surface area contributed by atoms with Crippen molar-refractivity contribution in [1.29, 1.82) is 0 Å². The molecule has 3 rings (SSSR count). The number of benzene rings is 1. The number of thiazole rings is 1. The number of aromatic nitrogens is 2. The van der Waals surface area contributed by atoms with E-state index in [-0.39, 0.29) is 10.8 Å². The number of hydrogen-bond donors (Lipinski definition) is 2. The maximum absolute atomic E-state index is 13.0. The van der Waals surface area contributed by atoms with Gasteiger partial charge in [-0.3, -0.25) is 9.36 Å². The fraction of sp³-hybridized carbons (Fsp3) is 0.211. The monoisotopic (exact) mass is 413 g/mol. The van der Waals surface area contributed by atoms with E-state index < -0.39 is 17.7 Å². The molecule has 0 spiro atoms. The van der Waals surface area contributed by atoms with E-state index in [1.54, 1.807) is 50.4 Å². The van der Waals surface area contributed by atoms with Crippen LogP contribution in [0.3, 0.4) is 0 Å². The SMILES string of the molecule is CC(C)(C)OC(=O)n1cc(C(=O)c2nc(C=NNC(N)=O)cs2)c2ccccc21. The minimum absolute atomic E-state index is 0.220. The van der Waals surface area contributed by atoms with Crippen LogP contribution in [0.4, 0.5) is 9.59 Å². The van der Waals surface area contributed by atoms with Crippen LogP contribution in [-0.2, 0) is 4.74 Å². The number of amides is 2. The highest BCUT2D eigenvalue weighted by Crippen LogP contribution is 2.26. The van der Waals surface area contributed by atoms with Crippen LogP contribution in [0, 0.1) is 0 Å². The molecule has 1 aromatic carbocycles. The van der Waals surface area contributed by atoms with E-state index in [2.05, 4.69) is 15.5 Å². The molecule has 9 nitrogen and oxygen atoms in total. The van der Waals surface area contributed by atoms with Crippen LogP contribution in [-0.4, -0.2) is 39.3 Å². The largest absolute Gasteiger partial charge is 0.443 e. The Morgan fingerprint density at radius 3 is 2.69 bits per heavy atom. The summed E-state index contributed by atoms with van der Waals surface area (Å²) in [5.41, 5.74) is 7.60. The first-order chi connectivity index (χ1) is 13.7. The van der Waals surface area contributed by atoms with Crippen molar-refractivity contribution >= 4 is 46.4 Å². The zero-order valence-corrected chi connectivity index (χ0v) is 16.8. The van der Waals surface area contributed by atoms with Crippen LogP contribution in [0.5, 0.6) is 0 Å². The molecule has 2 aromatic heterocycles. The molecule has 0 aliphatic carbocycles. The average molecular weight is 413 g/mol. The Kier molecular flexibility index (Phi) is 5.46. The van der Waals surface area contributed by atoms with Gasteiger partial charge in [0.1, 0.15) is 5.60 Å². The first-order valence-electron chi connectivity index (χ1n) is 8.58. The molecule has 0 fully saturated rings. The van der Waals surface area contributed by atoms with E-state index >= 15 is 0 Å². The number of ether oxygens (including phenoxy) is 1. The lowest BCUT2D eigenvalue weighted by Crippen LogP contribution is -2.26. The number of para-hydroxylation sites is 1. The van der Waals surface area contributed by atoms with Crippen molar-refractivity contribution in [2.75, 3.05) is 0 Å². The van der Waals surface area contributed by atoms with Crippen LogP contribution in [0.15, 0.2) is 40.9 Å². The summed E-state index contributed by atoms with van der Waals surface area (Å²) in [5, 5.41) is 6.07. The highest BCUT2D eigenvalue weighted by Gasteiger charge is 2.24. The third-order valence-electron chi connectivity index (χ3n) is 3.63. The molecular weight excluding hydrogens is 394 g/mol. The topological polar surface area (TPSA) is 129 Å². The van der Waals surface area contributed by atoms with E-state index in [9.17, 15) is 14.4 Å². The van der Waals surface area contributed by atoms with E-state index in [4.69, 9.17) is 10.5 Å². The van der Waals surface area contributed by atoms with Gasteiger partial charge in [0, 0.05) is 17.0 Å². The minimum atomic E-state index is -0.803. The highest BCUT2D eigenvalue weighted by atomic mass is 32.1. The molecule has 10 heteroatoms. The zero-order valence-electron chi connectivity index (χ0n) is 16.0. The number of carbonyl (C=O) groups excluding carboxylic acids is 3. The smallest absolute Gasteiger partial charge is 0.419 e. The highest BCUT2D eigenvalue weighted by molar-refractivity contribution is 7.12. The number of hydrazone groups is 1. The van der Waals surface area contributed by atoms with Crippen molar-refractivity contribution in [1.82, 2.24) is 15.0 Å². The number of urea groups is 1. The number of nitrogens with two attached hydrogens (primary N) is 1. The lowest BCUT2D eigenvalue weighted by molar-refractivity contribution is 0.0544. The zero-order chi connectivity index (χ0) is 21.2. The second-order valence-corrected chi connectivity index (χ2v) is 7.91. The van der Waals surface area contributed by atoms with Crippen molar-refractivity contribution in [2.24, 2.45) is 10.8 Å². The molecule has 0 aliphatic rings. The van der Waals surface area contributed by atoms with Gasteiger partial charge in [-0.1, -0.05) is 18.2 Å². The predicted octanol–water partition coefficient (Wildman–Crippen LogP) is 3.11. The van der Waals surface area contributed by atoms with Gasteiger partial charge in [-0.2, -0.15) is 5.10 Å². The molecule has 0 aliphatic heterocycles. The van der Waals surface area contributed by atoms with Crippen molar-refractivity contribution < 1.29 is 19.1 Å². The number of rotatable bonds is 4. The number of fused-ring (bicyclic) bond motifs is 1. The van der Waals surface area contributed by atoms with E-state index in [1.165, 1.54) is 17.0 Å². The lowest BCUT2D eigenvalue weighted by Gasteiger charge is -2.19. The average Bonchev–Trinajstić information content (AvgIpc) is 3.24. The first kappa shape index (κ1) is 20.2. The molecule has 0 atom stereocenters. The Labute approximate surface area is 170 Å². The molecule has 0 saturated heterocycles. The summed E-state index contributed by atoms with van der Waals surface area (Å²) < 4.78 is 6.76. The maximum atomic E-state index is 13.0. The number of ketones is 1. The number of hydrogen-bond acceptors (Lipinski definition) is 7. The summed E-state index contributed by atoms with van der Waals surface area (Å²) in [6.07, 6.45) is 2.17. The second kappa shape index (κ2) is 7.84. The van der Waals surface area contributed by atoms with Gasteiger partial charge in [-0.15, -0.1) is 11.3 Å². The van der Waals surface area contributed by atoms with Crippen molar-refractivity contribution in [2.45, 2.75) is 26.4 Å². The van der Waals surface area contributed by atoms with Crippen LogP contribution in [0.1, 0.15) is 41.8 Å². The van der Waals surface area contributed by atoms with Gasteiger partial charge >= 0.3 is 12.1 Å². The van der Waals surface area contributed by atoms with Gasteiger partial charge in [0.2, 0.25) is 5.78 Å². The molecular formula is C19H19N5O4S. The van der Waals surface area contributed by atoms with Gasteiger partial charge in [0.05, 0.1) is 23.0 Å². The summed E-state index contributed by atoms with van der Waals surface area (Å²) in [4.78, 5) is 40.5. The normalized spacial score (nSPS) is 11.7.